The highest BCUT2D eigenvalue weighted by molar-refractivity contribution is 7.91. The highest BCUT2D eigenvalue weighted by Crippen LogP contribution is 2.36. The predicted octanol–water partition coefficient (Wildman–Crippen LogP) is 2.16. The predicted molar refractivity (Wildman–Crippen MR) is 92.7 cm³/mol. The van der Waals surface area contributed by atoms with Gasteiger partial charge in [0.15, 0.2) is 11.5 Å². The minimum absolute atomic E-state index is 0.00675. The maximum atomic E-state index is 13.4. The van der Waals surface area contributed by atoms with E-state index < -0.39 is 15.7 Å². The third-order valence-electron chi connectivity index (χ3n) is 4.00. The quantitative estimate of drug-likeness (QED) is 0.825. The number of fused-ring (bicyclic) bond motifs is 1. The summed E-state index contributed by atoms with van der Waals surface area (Å²) >= 11 is 0. The molecule has 2 unspecified atom stereocenters. The first kappa shape index (κ1) is 18.6. The van der Waals surface area contributed by atoms with Gasteiger partial charge in [-0.05, 0) is 30.3 Å². The van der Waals surface area contributed by atoms with Crippen molar-refractivity contribution in [3.05, 3.63) is 48.3 Å². The van der Waals surface area contributed by atoms with Crippen molar-refractivity contribution in [1.82, 2.24) is 0 Å². The van der Waals surface area contributed by atoms with Crippen LogP contribution in [0.3, 0.4) is 0 Å². The molecule has 0 spiro atoms. The fraction of sp³-hybridized carbons (Fsp3) is 0.333. The van der Waals surface area contributed by atoms with Crippen LogP contribution in [-0.2, 0) is 14.6 Å². The Hall–Kier alpha value is -2.16. The zero-order chi connectivity index (χ0) is 18.7. The summed E-state index contributed by atoms with van der Waals surface area (Å²) in [5.41, 5.74) is 5.93. The van der Waals surface area contributed by atoms with E-state index in [9.17, 15) is 12.8 Å². The van der Waals surface area contributed by atoms with E-state index in [1.54, 1.807) is 7.11 Å². The van der Waals surface area contributed by atoms with Gasteiger partial charge in [0, 0.05) is 25.6 Å². The lowest BCUT2D eigenvalue weighted by Crippen LogP contribution is -2.37. The molecule has 140 valence electrons. The molecule has 0 radical (unpaired) electrons. The molecule has 2 aromatic rings. The molecule has 0 bridgehead atoms. The Morgan fingerprint density at radius 3 is 2.73 bits per heavy atom. The minimum atomic E-state index is -3.86. The van der Waals surface area contributed by atoms with Crippen molar-refractivity contribution in [1.29, 1.82) is 0 Å². The molecule has 0 fully saturated rings. The molecule has 0 saturated heterocycles. The average molecular weight is 381 g/mol. The summed E-state index contributed by atoms with van der Waals surface area (Å²) < 4.78 is 55.3. The molecule has 3 rings (SSSR count). The van der Waals surface area contributed by atoms with E-state index in [0.29, 0.717) is 31.1 Å². The number of hydrogen-bond acceptors (Lipinski definition) is 6. The molecule has 1 aliphatic rings. The van der Waals surface area contributed by atoms with Gasteiger partial charge in [0.1, 0.15) is 18.5 Å². The van der Waals surface area contributed by atoms with Crippen molar-refractivity contribution in [3.8, 4) is 11.5 Å². The maximum absolute atomic E-state index is 13.4. The highest BCUT2D eigenvalue weighted by Gasteiger charge is 2.26. The van der Waals surface area contributed by atoms with Gasteiger partial charge in [-0.25, -0.2) is 12.8 Å². The number of methoxy groups -OCH3 is 1. The van der Waals surface area contributed by atoms with Gasteiger partial charge in [0.05, 0.1) is 16.4 Å². The summed E-state index contributed by atoms with van der Waals surface area (Å²) in [4.78, 5) is -0.111. The average Bonchev–Trinajstić information content (AvgIpc) is 2.61. The van der Waals surface area contributed by atoms with Gasteiger partial charge in [-0.1, -0.05) is 6.07 Å². The number of sulfone groups is 1. The zero-order valence-corrected chi connectivity index (χ0v) is 15.0. The zero-order valence-electron chi connectivity index (χ0n) is 14.2. The number of rotatable bonds is 6. The topological polar surface area (TPSA) is 87.9 Å². The van der Waals surface area contributed by atoms with Gasteiger partial charge in [-0.15, -0.1) is 0 Å². The van der Waals surface area contributed by atoms with E-state index in [-0.39, 0.29) is 21.9 Å². The van der Waals surface area contributed by atoms with Crippen LogP contribution in [-0.4, -0.2) is 40.9 Å². The molecule has 0 amide bonds. The Morgan fingerprint density at radius 1 is 1.23 bits per heavy atom. The molecule has 2 aromatic carbocycles. The monoisotopic (exact) mass is 381 g/mol. The lowest BCUT2D eigenvalue weighted by Gasteiger charge is -2.28. The first-order valence-electron chi connectivity index (χ1n) is 8.09. The van der Waals surface area contributed by atoms with Gasteiger partial charge >= 0.3 is 0 Å². The summed E-state index contributed by atoms with van der Waals surface area (Å²) in [6.45, 7) is 0.709. The Morgan fingerprint density at radius 2 is 2.00 bits per heavy atom. The number of halogens is 1. The van der Waals surface area contributed by atoms with Gasteiger partial charge in [0.25, 0.3) is 0 Å². The second kappa shape index (κ2) is 7.61. The van der Waals surface area contributed by atoms with Crippen LogP contribution < -0.4 is 15.2 Å². The van der Waals surface area contributed by atoms with Crippen LogP contribution in [0.2, 0.25) is 0 Å². The maximum Gasteiger partial charge on any atom is 0.206 e. The number of ether oxygens (including phenoxy) is 3. The number of hydrogen-bond donors (Lipinski definition) is 1. The van der Waals surface area contributed by atoms with E-state index >= 15 is 0 Å². The van der Waals surface area contributed by atoms with Gasteiger partial charge < -0.3 is 19.9 Å². The summed E-state index contributed by atoms with van der Waals surface area (Å²) in [7, 11) is -2.30. The third kappa shape index (κ3) is 3.98. The van der Waals surface area contributed by atoms with E-state index in [4.69, 9.17) is 19.9 Å². The van der Waals surface area contributed by atoms with Crippen LogP contribution in [0.25, 0.3) is 0 Å². The van der Waals surface area contributed by atoms with E-state index in [1.807, 2.05) is 0 Å². The van der Waals surface area contributed by atoms with Crippen molar-refractivity contribution in [2.24, 2.45) is 5.73 Å². The smallest absolute Gasteiger partial charge is 0.206 e. The third-order valence-corrected chi connectivity index (χ3v) is 5.75. The SMILES string of the molecule is COCC(N)CC1COc2ccc(S(=O)(=O)c3cccc(F)c3)cc2O1. The molecule has 0 aliphatic carbocycles. The summed E-state index contributed by atoms with van der Waals surface area (Å²) in [5.74, 6) is 0.166. The van der Waals surface area contributed by atoms with Crippen molar-refractivity contribution >= 4 is 9.84 Å². The lowest BCUT2D eigenvalue weighted by atomic mass is 10.1. The van der Waals surface area contributed by atoms with Crippen molar-refractivity contribution in [3.63, 3.8) is 0 Å². The van der Waals surface area contributed by atoms with Gasteiger partial charge in [-0.3, -0.25) is 0 Å². The molecule has 1 aliphatic heterocycles. The van der Waals surface area contributed by atoms with E-state index in [1.165, 1.54) is 36.4 Å². The molecule has 8 heteroatoms. The molecule has 26 heavy (non-hydrogen) atoms. The summed E-state index contributed by atoms with van der Waals surface area (Å²) in [5, 5.41) is 0. The first-order chi connectivity index (χ1) is 12.4. The summed E-state index contributed by atoms with van der Waals surface area (Å²) in [6, 6.07) is 9.01. The molecule has 0 saturated carbocycles. The van der Waals surface area contributed by atoms with Crippen LogP contribution in [0.15, 0.2) is 52.3 Å². The Bertz CT molecular complexity index is 887. The standard InChI is InChI=1S/C18H20FNO5S/c1-23-10-13(20)8-14-11-24-17-6-5-16(9-18(17)25-14)26(21,22)15-4-2-3-12(19)7-15/h2-7,9,13-14H,8,10-11,20H2,1H3. The van der Waals surface area contributed by atoms with Gasteiger partial charge in [-0.2, -0.15) is 0 Å². The molecule has 6 nitrogen and oxygen atoms in total. The molecular weight excluding hydrogens is 361 g/mol. The van der Waals surface area contributed by atoms with E-state index in [0.717, 1.165) is 6.07 Å². The Balaban J connectivity index is 1.85. The summed E-state index contributed by atoms with van der Waals surface area (Å²) in [6.07, 6.45) is 0.202. The number of benzene rings is 2. The van der Waals surface area contributed by atoms with Crippen molar-refractivity contribution in [2.45, 2.75) is 28.4 Å². The molecule has 2 N–H and O–H groups in total. The fourth-order valence-electron chi connectivity index (χ4n) is 2.77. The van der Waals surface area contributed by atoms with Crippen molar-refractivity contribution < 1.29 is 27.0 Å². The number of nitrogens with two attached hydrogens (primary N) is 1. The molecule has 1 heterocycles. The van der Waals surface area contributed by atoms with Crippen LogP contribution in [0.4, 0.5) is 4.39 Å². The largest absolute Gasteiger partial charge is 0.486 e. The van der Waals surface area contributed by atoms with Crippen molar-refractivity contribution in [2.75, 3.05) is 20.3 Å². The molecular formula is C18H20FNO5S. The van der Waals surface area contributed by atoms with Crippen LogP contribution >= 0.6 is 0 Å². The van der Waals surface area contributed by atoms with E-state index in [2.05, 4.69) is 0 Å². The normalized spacial score (nSPS) is 17.7. The highest BCUT2D eigenvalue weighted by atomic mass is 32.2. The lowest BCUT2D eigenvalue weighted by molar-refractivity contribution is 0.0688. The van der Waals surface area contributed by atoms with Crippen LogP contribution in [0.1, 0.15) is 6.42 Å². The Labute approximate surface area is 151 Å². The van der Waals surface area contributed by atoms with Gasteiger partial charge in [0.2, 0.25) is 9.84 Å². The second-order valence-corrected chi connectivity index (χ2v) is 8.02. The second-order valence-electron chi connectivity index (χ2n) is 6.07. The first-order valence-corrected chi connectivity index (χ1v) is 9.57. The minimum Gasteiger partial charge on any atom is -0.486 e. The fourth-order valence-corrected chi connectivity index (χ4v) is 4.08. The Kier molecular flexibility index (Phi) is 5.45. The molecule has 0 aromatic heterocycles. The van der Waals surface area contributed by atoms with Crippen LogP contribution in [0, 0.1) is 5.82 Å². The molecule has 2 atom stereocenters. The van der Waals surface area contributed by atoms with Crippen LogP contribution in [0.5, 0.6) is 11.5 Å².